The first-order valence-electron chi connectivity index (χ1n) is 10.4. The topological polar surface area (TPSA) is 65.4 Å². The molecule has 0 radical (unpaired) electrons. The second kappa shape index (κ2) is 9.15. The van der Waals surface area contributed by atoms with Gasteiger partial charge in [-0.25, -0.2) is 0 Å². The summed E-state index contributed by atoms with van der Waals surface area (Å²) in [4.78, 5) is 15.1. The lowest BCUT2D eigenvalue weighted by atomic mass is 9.79. The van der Waals surface area contributed by atoms with Gasteiger partial charge in [-0.15, -0.1) is 0 Å². The minimum absolute atomic E-state index is 0.0226. The number of hydrogen-bond donors (Lipinski definition) is 1. The van der Waals surface area contributed by atoms with Crippen molar-refractivity contribution < 1.29 is 9.53 Å². The van der Waals surface area contributed by atoms with E-state index in [0.29, 0.717) is 17.4 Å². The summed E-state index contributed by atoms with van der Waals surface area (Å²) in [6.07, 6.45) is 2.63. The Balaban J connectivity index is 2.01. The predicted molar refractivity (Wildman–Crippen MR) is 129 cm³/mol. The average Bonchev–Trinajstić information content (AvgIpc) is 2.71. The van der Waals surface area contributed by atoms with Crippen LogP contribution >= 0.6 is 15.9 Å². The van der Waals surface area contributed by atoms with Gasteiger partial charge in [0, 0.05) is 39.6 Å². The van der Waals surface area contributed by atoms with Crippen molar-refractivity contribution in [3.63, 3.8) is 0 Å². The van der Waals surface area contributed by atoms with Crippen LogP contribution in [0.15, 0.2) is 46.4 Å². The number of benzene rings is 2. The van der Waals surface area contributed by atoms with Crippen LogP contribution in [-0.2, 0) is 4.79 Å². The van der Waals surface area contributed by atoms with Crippen LogP contribution in [0.4, 0.5) is 11.4 Å². The maximum absolute atomic E-state index is 12.7. The Bertz CT molecular complexity index is 1070. The van der Waals surface area contributed by atoms with E-state index in [1.54, 1.807) is 25.3 Å². The van der Waals surface area contributed by atoms with Crippen molar-refractivity contribution in [3.05, 3.63) is 57.6 Å². The summed E-state index contributed by atoms with van der Waals surface area (Å²) in [6.45, 7) is 9.79. The number of anilines is 2. The van der Waals surface area contributed by atoms with Gasteiger partial charge >= 0.3 is 0 Å². The van der Waals surface area contributed by atoms with Crippen molar-refractivity contribution in [2.45, 2.75) is 45.6 Å². The first-order chi connectivity index (χ1) is 14.7. The quantitative estimate of drug-likeness (QED) is 0.412. The van der Waals surface area contributed by atoms with E-state index in [9.17, 15) is 10.1 Å². The van der Waals surface area contributed by atoms with Gasteiger partial charge in [-0.2, -0.15) is 5.26 Å². The van der Waals surface area contributed by atoms with Crippen LogP contribution in [-0.4, -0.2) is 25.1 Å². The molecule has 0 aliphatic carbocycles. The highest BCUT2D eigenvalue weighted by Crippen LogP contribution is 2.45. The first kappa shape index (κ1) is 22.9. The molecule has 0 aromatic heterocycles. The summed E-state index contributed by atoms with van der Waals surface area (Å²) in [7, 11) is 1.61. The lowest BCUT2D eigenvalue weighted by Gasteiger charge is -2.47. The van der Waals surface area contributed by atoms with Crippen molar-refractivity contribution >= 4 is 39.3 Å². The Morgan fingerprint density at radius 2 is 2.13 bits per heavy atom. The Morgan fingerprint density at radius 1 is 1.39 bits per heavy atom. The molecule has 31 heavy (non-hydrogen) atoms. The molecular weight excluding hydrogens is 454 g/mol. The van der Waals surface area contributed by atoms with E-state index in [1.807, 2.05) is 24.3 Å². The fraction of sp³-hybridized carbons (Fsp3) is 0.360. The van der Waals surface area contributed by atoms with Gasteiger partial charge in [0.2, 0.25) is 0 Å². The van der Waals surface area contributed by atoms with Crippen molar-refractivity contribution in [2.24, 2.45) is 0 Å². The third-order valence-corrected chi connectivity index (χ3v) is 6.29. The zero-order valence-corrected chi connectivity index (χ0v) is 20.2. The van der Waals surface area contributed by atoms with E-state index in [-0.39, 0.29) is 11.1 Å². The van der Waals surface area contributed by atoms with Crippen molar-refractivity contribution in [1.82, 2.24) is 0 Å². The minimum Gasteiger partial charge on any atom is -0.496 e. The number of methoxy groups -OCH3 is 1. The largest absolute Gasteiger partial charge is 0.496 e. The molecule has 0 spiro atoms. The molecule has 1 heterocycles. The number of nitriles is 1. The molecule has 2 aromatic rings. The zero-order valence-electron chi connectivity index (χ0n) is 18.6. The molecule has 6 heteroatoms. The van der Waals surface area contributed by atoms with E-state index in [2.05, 4.69) is 59.9 Å². The van der Waals surface area contributed by atoms with Gasteiger partial charge in [-0.05, 0) is 69.0 Å². The number of nitrogens with one attached hydrogen (secondary N) is 1. The highest BCUT2D eigenvalue weighted by Gasteiger charge is 2.36. The van der Waals surface area contributed by atoms with Gasteiger partial charge in [0.25, 0.3) is 5.91 Å². The second-order valence-corrected chi connectivity index (χ2v) is 9.36. The lowest BCUT2D eigenvalue weighted by Crippen LogP contribution is -2.48. The zero-order chi connectivity index (χ0) is 22.8. The van der Waals surface area contributed by atoms with Crippen LogP contribution in [0.2, 0.25) is 0 Å². The summed E-state index contributed by atoms with van der Waals surface area (Å²) in [6, 6.07) is 13.4. The molecule has 0 bridgehead atoms. The normalized spacial score (nSPS) is 17.5. The standard InChI is InChI=1S/C25H28BrN3O2/c1-6-29-22-13-23(31-5)17(11-21(22)16(2)14-25(29,3)4)10-18(15-27)24(30)28-20-9-7-8-19(26)12-20/h7-13,16H,6,14H2,1-5H3,(H,28,30)/b18-10+. The second-order valence-electron chi connectivity index (χ2n) is 8.45. The van der Waals surface area contributed by atoms with E-state index in [0.717, 1.165) is 28.7 Å². The third-order valence-electron chi connectivity index (χ3n) is 5.80. The highest BCUT2D eigenvalue weighted by atomic mass is 79.9. The molecule has 5 nitrogen and oxygen atoms in total. The van der Waals surface area contributed by atoms with Gasteiger partial charge in [0.1, 0.15) is 17.4 Å². The van der Waals surface area contributed by atoms with Gasteiger partial charge in [0.15, 0.2) is 0 Å². The molecule has 2 aromatic carbocycles. The number of fused-ring (bicyclic) bond motifs is 1. The molecule has 3 rings (SSSR count). The molecule has 1 N–H and O–H groups in total. The smallest absolute Gasteiger partial charge is 0.266 e. The Kier molecular flexibility index (Phi) is 6.76. The van der Waals surface area contributed by atoms with Gasteiger partial charge < -0.3 is 15.0 Å². The van der Waals surface area contributed by atoms with E-state index >= 15 is 0 Å². The first-order valence-corrected chi connectivity index (χ1v) is 11.2. The average molecular weight is 482 g/mol. The van der Waals surface area contributed by atoms with Crippen molar-refractivity contribution in [1.29, 1.82) is 5.26 Å². The van der Waals surface area contributed by atoms with Crippen molar-refractivity contribution in [2.75, 3.05) is 23.9 Å². The number of nitrogens with zero attached hydrogens (tertiary/aromatic N) is 2. The molecule has 0 saturated heterocycles. The number of carbonyl (C=O) groups is 1. The predicted octanol–water partition coefficient (Wildman–Crippen LogP) is 6.12. The van der Waals surface area contributed by atoms with Crippen LogP contribution in [0.1, 0.15) is 51.2 Å². The summed E-state index contributed by atoms with van der Waals surface area (Å²) < 4.78 is 6.50. The summed E-state index contributed by atoms with van der Waals surface area (Å²) in [5.74, 6) is 0.543. The van der Waals surface area contributed by atoms with E-state index in [1.165, 1.54) is 5.56 Å². The summed E-state index contributed by atoms with van der Waals surface area (Å²) >= 11 is 3.39. The number of ether oxygens (including phenoxy) is 1. The monoisotopic (exact) mass is 481 g/mol. The van der Waals surface area contributed by atoms with Crippen LogP contribution in [0.3, 0.4) is 0 Å². The maximum Gasteiger partial charge on any atom is 0.266 e. The Morgan fingerprint density at radius 3 is 2.74 bits per heavy atom. The number of amides is 1. The molecule has 162 valence electrons. The minimum atomic E-state index is -0.454. The Labute approximate surface area is 192 Å². The van der Waals surface area contributed by atoms with Crippen LogP contribution in [0, 0.1) is 11.3 Å². The fourth-order valence-corrected chi connectivity index (χ4v) is 4.88. The molecule has 0 saturated carbocycles. The molecule has 1 unspecified atom stereocenters. The number of rotatable bonds is 5. The van der Waals surface area contributed by atoms with Crippen molar-refractivity contribution in [3.8, 4) is 11.8 Å². The van der Waals surface area contributed by atoms with Crippen LogP contribution in [0.5, 0.6) is 5.75 Å². The molecule has 1 aliphatic rings. The molecular formula is C25H28BrN3O2. The summed E-state index contributed by atoms with van der Waals surface area (Å²) in [5, 5.41) is 12.4. The number of carbonyl (C=O) groups excluding carboxylic acids is 1. The van der Waals surface area contributed by atoms with Crippen LogP contribution in [0.25, 0.3) is 6.08 Å². The summed E-state index contributed by atoms with van der Waals surface area (Å²) in [5.41, 5.74) is 3.77. The number of hydrogen-bond acceptors (Lipinski definition) is 4. The lowest BCUT2D eigenvalue weighted by molar-refractivity contribution is -0.112. The van der Waals surface area contributed by atoms with Crippen LogP contribution < -0.4 is 15.0 Å². The number of halogens is 1. The fourth-order valence-electron chi connectivity index (χ4n) is 4.48. The molecule has 1 amide bonds. The molecule has 1 aliphatic heterocycles. The van der Waals surface area contributed by atoms with Gasteiger partial charge in [0.05, 0.1) is 7.11 Å². The SMILES string of the molecule is CCN1c2cc(OC)c(/C=C(\C#N)C(=O)Nc3cccc(Br)c3)cc2C(C)CC1(C)C. The van der Waals surface area contributed by atoms with Gasteiger partial charge in [-0.3, -0.25) is 4.79 Å². The molecule has 1 atom stereocenters. The maximum atomic E-state index is 12.7. The van der Waals surface area contributed by atoms with Gasteiger partial charge in [-0.1, -0.05) is 28.9 Å². The van der Waals surface area contributed by atoms with E-state index in [4.69, 9.17) is 4.74 Å². The highest BCUT2D eigenvalue weighted by molar-refractivity contribution is 9.10. The van der Waals surface area contributed by atoms with E-state index < -0.39 is 5.91 Å². The third kappa shape index (κ3) is 4.77. The molecule has 0 fully saturated rings. The Hall–Kier alpha value is -2.78.